The van der Waals surface area contributed by atoms with Crippen LogP contribution in [0.2, 0.25) is 0 Å². The molecule has 0 aliphatic heterocycles. The first-order valence-corrected chi connectivity index (χ1v) is 5.19. The molecule has 4 nitrogen and oxygen atoms in total. The first-order valence-electron chi connectivity index (χ1n) is 5.19. The smallest absolute Gasteiger partial charge is 0.325 e. The molecular formula is C13H15NO3. The minimum atomic E-state index is -0.448. The summed E-state index contributed by atoms with van der Waals surface area (Å²) in [5, 5.41) is 0. The summed E-state index contributed by atoms with van der Waals surface area (Å²) in [5.41, 5.74) is 0.951. The van der Waals surface area contributed by atoms with E-state index in [1.165, 1.54) is 18.1 Å². The van der Waals surface area contributed by atoms with E-state index in [0.717, 1.165) is 5.56 Å². The number of methoxy groups -OCH3 is 1. The molecule has 0 saturated carbocycles. The number of carbonyl (C=O) groups is 2. The number of nitrogens with zero attached hydrogens (tertiary/aromatic N) is 1. The van der Waals surface area contributed by atoms with Crippen molar-refractivity contribution in [3.05, 3.63) is 48.6 Å². The lowest BCUT2D eigenvalue weighted by atomic mass is 10.2. The van der Waals surface area contributed by atoms with Crippen LogP contribution in [-0.2, 0) is 20.9 Å². The lowest BCUT2D eigenvalue weighted by Crippen LogP contribution is -2.34. The van der Waals surface area contributed by atoms with Crippen molar-refractivity contribution in [2.24, 2.45) is 0 Å². The molecule has 1 rings (SSSR count). The van der Waals surface area contributed by atoms with Crippen molar-refractivity contribution in [3.63, 3.8) is 0 Å². The molecule has 1 aromatic carbocycles. The number of esters is 1. The third kappa shape index (κ3) is 4.10. The molecule has 90 valence electrons. The third-order valence-electron chi connectivity index (χ3n) is 2.25. The van der Waals surface area contributed by atoms with E-state index in [-0.39, 0.29) is 12.5 Å². The van der Waals surface area contributed by atoms with Crippen LogP contribution in [0, 0.1) is 0 Å². The van der Waals surface area contributed by atoms with Gasteiger partial charge in [-0.1, -0.05) is 36.9 Å². The Morgan fingerprint density at radius 1 is 1.35 bits per heavy atom. The fraction of sp³-hybridized carbons (Fsp3) is 0.231. The van der Waals surface area contributed by atoms with Gasteiger partial charge in [0.15, 0.2) is 0 Å². The molecule has 0 spiro atoms. The number of rotatable bonds is 5. The number of hydrogen-bond acceptors (Lipinski definition) is 3. The van der Waals surface area contributed by atoms with Crippen molar-refractivity contribution in [3.8, 4) is 0 Å². The Balaban J connectivity index is 2.74. The molecule has 1 aromatic rings. The summed E-state index contributed by atoms with van der Waals surface area (Å²) in [5.74, 6) is -0.740. The molecule has 0 fully saturated rings. The predicted octanol–water partition coefficient (Wildman–Crippen LogP) is 1.37. The molecule has 0 unspecified atom stereocenters. The van der Waals surface area contributed by atoms with Crippen molar-refractivity contribution in [2.75, 3.05) is 13.7 Å². The molecular weight excluding hydrogens is 218 g/mol. The summed E-state index contributed by atoms with van der Waals surface area (Å²) in [6.07, 6.45) is 1.19. The third-order valence-corrected chi connectivity index (χ3v) is 2.25. The average molecular weight is 233 g/mol. The molecule has 0 aliphatic carbocycles. The van der Waals surface area contributed by atoms with Gasteiger partial charge in [-0.3, -0.25) is 9.59 Å². The topological polar surface area (TPSA) is 46.6 Å². The zero-order valence-corrected chi connectivity index (χ0v) is 9.76. The van der Waals surface area contributed by atoms with Gasteiger partial charge in [0.05, 0.1) is 7.11 Å². The minimum absolute atomic E-state index is 0.0732. The van der Waals surface area contributed by atoms with Crippen LogP contribution in [0.25, 0.3) is 0 Å². The first kappa shape index (κ1) is 13.0. The summed E-state index contributed by atoms with van der Waals surface area (Å²) in [4.78, 5) is 24.1. The lowest BCUT2D eigenvalue weighted by molar-refractivity contribution is -0.145. The molecule has 0 heterocycles. The summed E-state index contributed by atoms with van der Waals surface area (Å²) in [6, 6.07) is 9.43. The molecule has 1 amide bonds. The fourth-order valence-corrected chi connectivity index (χ4v) is 1.37. The Labute approximate surface area is 100 Å². The molecule has 0 saturated heterocycles. The Bertz CT molecular complexity index is 400. The molecule has 0 atom stereocenters. The van der Waals surface area contributed by atoms with Gasteiger partial charge in [0.1, 0.15) is 6.54 Å². The molecule has 0 aliphatic rings. The van der Waals surface area contributed by atoms with Crippen LogP contribution in [0.15, 0.2) is 43.0 Å². The van der Waals surface area contributed by atoms with Crippen LogP contribution in [-0.4, -0.2) is 30.4 Å². The normalized spacial score (nSPS) is 9.47. The van der Waals surface area contributed by atoms with Crippen LogP contribution in [0.5, 0.6) is 0 Å². The van der Waals surface area contributed by atoms with Crippen LogP contribution < -0.4 is 0 Å². The second kappa shape index (κ2) is 6.48. The van der Waals surface area contributed by atoms with Crippen molar-refractivity contribution in [2.45, 2.75) is 6.54 Å². The second-order valence-corrected chi connectivity index (χ2v) is 3.46. The highest BCUT2D eigenvalue weighted by atomic mass is 16.5. The van der Waals surface area contributed by atoms with E-state index in [2.05, 4.69) is 11.3 Å². The van der Waals surface area contributed by atoms with Gasteiger partial charge in [-0.25, -0.2) is 0 Å². The van der Waals surface area contributed by atoms with E-state index in [0.29, 0.717) is 6.54 Å². The van der Waals surface area contributed by atoms with E-state index in [1.54, 1.807) is 0 Å². The maximum absolute atomic E-state index is 11.6. The number of amides is 1. The largest absolute Gasteiger partial charge is 0.468 e. The van der Waals surface area contributed by atoms with E-state index in [1.807, 2.05) is 30.3 Å². The second-order valence-electron chi connectivity index (χ2n) is 3.46. The van der Waals surface area contributed by atoms with E-state index in [4.69, 9.17) is 0 Å². The Morgan fingerprint density at radius 3 is 2.53 bits per heavy atom. The summed E-state index contributed by atoms with van der Waals surface area (Å²) >= 11 is 0. The monoisotopic (exact) mass is 233 g/mol. The first-order chi connectivity index (χ1) is 8.17. The molecule has 0 bridgehead atoms. The fourth-order valence-electron chi connectivity index (χ4n) is 1.37. The molecule has 17 heavy (non-hydrogen) atoms. The quantitative estimate of drug-likeness (QED) is 0.570. The zero-order valence-electron chi connectivity index (χ0n) is 9.76. The molecule has 0 N–H and O–H groups in total. The average Bonchev–Trinajstić information content (AvgIpc) is 2.38. The highest BCUT2D eigenvalue weighted by molar-refractivity contribution is 5.89. The number of hydrogen-bond donors (Lipinski definition) is 0. The van der Waals surface area contributed by atoms with E-state index in [9.17, 15) is 9.59 Å². The Kier molecular flexibility index (Phi) is 4.94. The van der Waals surface area contributed by atoms with Gasteiger partial charge in [-0.05, 0) is 11.6 Å². The van der Waals surface area contributed by atoms with Gasteiger partial charge in [0.25, 0.3) is 0 Å². The van der Waals surface area contributed by atoms with Crippen molar-refractivity contribution < 1.29 is 14.3 Å². The van der Waals surface area contributed by atoms with Crippen LogP contribution in [0.3, 0.4) is 0 Å². The molecule has 0 aromatic heterocycles. The van der Waals surface area contributed by atoms with Gasteiger partial charge in [0.2, 0.25) is 5.91 Å². The maximum atomic E-state index is 11.6. The standard InChI is InChI=1S/C13H15NO3/c1-3-12(15)14(10-13(16)17-2)9-11-7-5-4-6-8-11/h3-8H,1,9-10H2,2H3. The number of carbonyl (C=O) groups excluding carboxylic acids is 2. The van der Waals surface area contributed by atoms with Crippen LogP contribution in [0.1, 0.15) is 5.56 Å². The van der Waals surface area contributed by atoms with Gasteiger partial charge in [-0.2, -0.15) is 0 Å². The lowest BCUT2D eigenvalue weighted by Gasteiger charge is -2.19. The SMILES string of the molecule is C=CC(=O)N(CC(=O)OC)Cc1ccccc1. The van der Waals surface area contributed by atoms with Gasteiger partial charge >= 0.3 is 5.97 Å². The maximum Gasteiger partial charge on any atom is 0.325 e. The Morgan fingerprint density at radius 2 is 2.00 bits per heavy atom. The van der Waals surface area contributed by atoms with Crippen molar-refractivity contribution in [1.82, 2.24) is 4.90 Å². The zero-order chi connectivity index (χ0) is 12.7. The summed E-state index contributed by atoms with van der Waals surface area (Å²) < 4.78 is 4.55. The number of ether oxygens (including phenoxy) is 1. The van der Waals surface area contributed by atoms with Crippen LogP contribution in [0.4, 0.5) is 0 Å². The van der Waals surface area contributed by atoms with Gasteiger partial charge in [-0.15, -0.1) is 0 Å². The van der Waals surface area contributed by atoms with Crippen LogP contribution >= 0.6 is 0 Å². The van der Waals surface area contributed by atoms with Gasteiger partial charge in [0, 0.05) is 6.54 Å². The van der Waals surface area contributed by atoms with Gasteiger partial charge < -0.3 is 9.64 Å². The van der Waals surface area contributed by atoms with Crippen molar-refractivity contribution in [1.29, 1.82) is 0 Å². The van der Waals surface area contributed by atoms with E-state index < -0.39 is 5.97 Å². The highest BCUT2D eigenvalue weighted by Crippen LogP contribution is 2.05. The summed E-state index contributed by atoms with van der Waals surface area (Å²) in [6.45, 7) is 3.70. The van der Waals surface area contributed by atoms with Crippen molar-refractivity contribution >= 4 is 11.9 Å². The minimum Gasteiger partial charge on any atom is -0.468 e. The highest BCUT2D eigenvalue weighted by Gasteiger charge is 2.15. The van der Waals surface area contributed by atoms with E-state index >= 15 is 0 Å². The molecule has 0 radical (unpaired) electrons. The molecule has 4 heteroatoms. The number of benzene rings is 1. The predicted molar refractivity (Wildman–Crippen MR) is 64.1 cm³/mol. The Hall–Kier alpha value is -2.10. The summed E-state index contributed by atoms with van der Waals surface area (Å²) in [7, 11) is 1.29.